The molecule has 1 heterocycles. The van der Waals surface area contributed by atoms with Gasteiger partial charge in [0.05, 0.1) is 6.04 Å². The van der Waals surface area contributed by atoms with E-state index in [-0.39, 0.29) is 12.1 Å². The number of carbonyl (C=O) groups excluding carboxylic acids is 1. The topological polar surface area (TPSA) is 83.4 Å². The summed E-state index contributed by atoms with van der Waals surface area (Å²) in [6.45, 7) is 5.54. The first-order valence-corrected chi connectivity index (χ1v) is 11.9. The number of hydrogen-bond acceptors (Lipinski definition) is 5. The molecule has 2 amide bonds. The second-order valence-electron chi connectivity index (χ2n) is 8.58. The van der Waals surface area contributed by atoms with Crippen LogP contribution in [0.15, 0.2) is 72.8 Å². The van der Waals surface area contributed by atoms with Crippen molar-refractivity contribution in [2.75, 3.05) is 30.3 Å². The SMILES string of the molecule is Cc1ccccc1NC(NC#N)N1CCN(C(=O)Nc2cccc(Cl)c2C)C(c2ccccc2)C1. The maximum absolute atomic E-state index is 13.4. The van der Waals surface area contributed by atoms with Crippen LogP contribution < -0.4 is 16.0 Å². The Balaban J connectivity index is 1.57. The molecule has 0 aliphatic carbocycles. The van der Waals surface area contributed by atoms with E-state index in [0.717, 1.165) is 22.4 Å². The van der Waals surface area contributed by atoms with E-state index in [9.17, 15) is 10.1 Å². The monoisotopic (exact) mass is 488 g/mol. The lowest BCUT2D eigenvalue weighted by molar-refractivity contribution is 0.0733. The first kappa shape index (κ1) is 24.4. The summed E-state index contributed by atoms with van der Waals surface area (Å²) in [5.74, 6) is 0. The normalized spacial score (nSPS) is 16.7. The first-order valence-electron chi connectivity index (χ1n) is 11.6. The maximum atomic E-state index is 13.4. The molecule has 7 nitrogen and oxygen atoms in total. The number of aryl methyl sites for hydroxylation is 1. The zero-order valence-corrected chi connectivity index (χ0v) is 20.6. The molecular formula is C27H29ClN6O. The molecule has 3 aromatic rings. The lowest BCUT2D eigenvalue weighted by atomic mass is 10.0. The third-order valence-electron chi connectivity index (χ3n) is 6.37. The standard InChI is InChI=1S/C27H29ClN6O/c1-19-9-6-7-13-23(19)31-26(30-18-29)33-15-16-34(25(17-33)21-10-4-3-5-11-21)27(35)32-24-14-8-12-22(28)20(24)2/h3-14,25-26,30-31H,15-17H2,1-2H3,(H,32,35). The highest BCUT2D eigenvalue weighted by Crippen LogP contribution is 2.29. The van der Waals surface area contributed by atoms with Crippen molar-refractivity contribution in [3.63, 3.8) is 0 Å². The van der Waals surface area contributed by atoms with Gasteiger partial charge in [0.15, 0.2) is 12.5 Å². The molecule has 0 radical (unpaired) electrons. The second kappa shape index (κ2) is 11.1. The van der Waals surface area contributed by atoms with Gasteiger partial charge >= 0.3 is 6.03 Å². The van der Waals surface area contributed by atoms with Gasteiger partial charge in [-0.3, -0.25) is 10.2 Å². The number of hydrogen-bond donors (Lipinski definition) is 3. The van der Waals surface area contributed by atoms with Crippen LogP contribution in [0, 0.1) is 25.3 Å². The summed E-state index contributed by atoms with van der Waals surface area (Å²) in [5.41, 5.74) is 4.60. The van der Waals surface area contributed by atoms with Gasteiger partial charge < -0.3 is 15.5 Å². The molecule has 1 saturated heterocycles. The van der Waals surface area contributed by atoms with E-state index in [1.807, 2.05) is 91.5 Å². The van der Waals surface area contributed by atoms with Crippen LogP contribution in [-0.2, 0) is 0 Å². The predicted molar refractivity (Wildman–Crippen MR) is 140 cm³/mol. The molecule has 1 fully saturated rings. The second-order valence-corrected chi connectivity index (χ2v) is 8.98. The number of anilines is 2. The molecule has 0 bridgehead atoms. The number of nitriles is 1. The minimum absolute atomic E-state index is 0.180. The lowest BCUT2D eigenvalue weighted by Gasteiger charge is -2.44. The Hall–Kier alpha value is -3.73. The van der Waals surface area contributed by atoms with Gasteiger partial charge in [0.1, 0.15) is 0 Å². The molecule has 3 N–H and O–H groups in total. The summed E-state index contributed by atoms with van der Waals surface area (Å²) in [4.78, 5) is 17.4. The summed E-state index contributed by atoms with van der Waals surface area (Å²) in [6.07, 6.45) is 1.67. The van der Waals surface area contributed by atoms with Crippen LogP contribution >= 0.6 is 11.6 Å². The number of carbonyl (C=O) groups is 1. The zero-order valence-electron chi connectivity index (χ0n) is 19.8. The number of rotatable bonds is 6. The smallest absolute Gasteiger partial charge is 0.322 e. The molecule has 3 aromatic carbocycles. The van der Waals surface area contributed by atoms with E-state index in [2.05, 4.69) is 27.0 Å². The maximum Gasteiger partial charge on any atom is 0.322 e. The summed E-state index contributed by atoms with van der Waals surface area (Å²) in [5, 5.41) is 19.4. The molecule has 8 heteroatoms. The molecule has 35 heavy (non-hydrogen) atoms. The van der Waals surface area contributed by atoms with E-state index in [1.54, 1.807) is 0 Å². The Morgan fingerprint density at radius 2 is 1.71 bits per heavy atom. The fourth-order valence-electron chi connectivity index (χ4n) is 4.33. The van der Waals surface area contributed by atoms with Gasteiger partial charge in [-0.25, -0.2) is 4.79 Å². The lowest BCUT2D eigenvalue weighted by Crippen LogP contribution is -2.59. The highest BCUT2D eigenvalue weighted by molar-refractivity contribution is 6.31. The van der Waals surface area contributed by atoms with Crippen molar-refractivity contribution in [3.05, 3.63) is 94.5 Å². The van der Waals surface area contributed by atoms with Gasteiger partial charge in [-0.1, -0.05) is 66.2 Å². The van der Waals surface area contributed by atoms with Crippen LogP contribution in [0.5, 0.6) is 0 Å². The Morgan fingerprint density at radius 1 is 1.00 bits per heavy atom. The first-order chi connectivity index (χ1) is 17.0. The zero-order chi connectivity index (χ0) is 24.8. The van der Waals surface area contributed by atoms with Crippen molar-refractivity contribution >= 4 is 29.0 Å². The summed E-state index contributed by atoms with van der Waals surface area (Å²) in [6, 6.07) is 23.0. The fourth-order valence-corrected chi connectivity index (χ4v) is 4.51. The van der Waals surface area contributed by atoms with Crippen LogP contribution in [0.2, 0.25) is 5.02 Å². The fraction of sp³-hybridized carbons (Fsp3) is 0.259. The molecule has 4 rings (SSSR count). The number of piperazine rings is 1. The highest BCUT2D eigenvalue weighted by atomic mass is 35.5. The van der Waals surface area contributed by atoms with E-state index >= 15 is 0 Å². The largest absolute Gasteiger partial charge is 0.352 e. The van der Waals surface area contributed by atoms with Crippen LogP contribution in [0.3, 0.4) is 0 Å². The molecule has 0 aromatic heterocycles. The van der Waals surface area contributed by atoms with Crippen molar-refractivity contribution < 1.29 is 4.79 Å². The number of urea groups is 1. The van der Waals surface area contributed by atoms with Crippen LogP contribution in [0.1, 0.15) is 22.7 Å². The minimum atomic E-state index is -0.410. The number of para-hydroxylation sites is 1. The van der Waals surface area contributed by atoms with E-state index < -0.39 is 6.29 Å². The molecule has 0 saturated carbocycles. The Kier molecular flexibility index (Phi) is 7.76. The van der Waals surface area contributed by atoms with Crippen molar-refractivity contribution in [1.82, 2.24) is 15.1 Å². The molecule has 2 unspecified atom stereocenters. The summed E-state index contributed by atoms with van der Waals surface area (Å²) < 4.78 is 0. The third-order valence-corrected chi connectivity index (χ3v) is 6.78. The number of halogens is 1. The van der Waals surface area contributed by atoms with Gasteiger partial charge in [-0.05, 0) is 48.7 Å². The third kappa shape index (κ3) is 5.68. The van der Waals surface area contributed by atoms with Gasteiger partial charge in [0, 0.05) is 36.0 Å². The van der Waals surface area contributed by atoms with Crippen molar-refractivity contribution in [3.8, 4) is 6.19 Å². The molecule has 1 aliphatic rings. The quantitative estimate of drug-likeness (QED) is 0.248. The van der Waals surface area contributed by atoms with Gasteiger partial charge in [-0.15, -0.1) is 0 Å². The van der Waals surface area contributed by atoms with Gasteiger partial charge in [-0.2, -0.15) is 5.26 Å². The number of nitrogens with zero attached hydrogens (tertiary/aromatic N) is 3. The molecular weight excluding hydrogens is 460 g/mol. The highest BCUT2D eigenvalue weighted by Gasteiger charge is 2.34. The van der Waals surface area contributed by atoms with E-state index in [1.165, 1.54) is 0 Å². The predicted octanol–water partition coefficient (Wildman–Crippen LogP) is 5.31. The molecule has 2 atom stereocenters. The van der Waals surface area contributed by atoms with Gasteiger partial charge in [0.25, 0.3) is 0 Å². The Bertz CT molecular complexity index is 1210. The number of nitrogens with one attached hydrogen (secondary N) is 3. The Labute approximate surface area is 211 Å². The molecule has 180 valence electrons. The average molecular weight is 489 g/mol. The molecule has 0 spiro atoms. The summed E-state index contributed by atoms with van der Waals surface area (Å²) >= 11 is 6.26. The van der Waals surface area contributed by atoms with E-state index in [0.29, 0.717) is 30.3 Å². The van der Waals surface area contributed by atoms with Gasteiger partial charge in [0.2, 0.25) is 0 Å². The van der Waals surface area contributed by atoms with Crippen molar-refractivity contribution in [2.45, 2.75) is 26.2 Å². The van der Waals surface area contributed by atoms with Crippen LogP contribution in [-0.4, -0.2) is 41.8 Å². The van der Waals surface area contributed by atoms with Crippen molar-refractivity contribution in [1.29, 1.82) is 5.26 Å². The average Bonchev–Trinajstić information content (AvgIpc) is 2.88. The Morgan fingerprint density at radius 3 is 2.46 bits per heavy atom. The molecule has 1 aliphatic heterocycles. The minimum Gasteiger partial charge on any atom is -0.352 e. The van der Waals surface area contributed by atoms with Crippen molar-refractivity contribution in [2.24, 2.45) is 0 Å². The summed E-state index contributed by atoms with van der Waals surface area (Å²) in [7, 11) is 0. The van der Waals surface area contributed by atoms with E-state index in [4.69, 9.17) is 11.6 Å². The number of benzene rings is 3. The van der Waals surface area contributed by atoms with Crippen LogP contribution in [0.4, 0.5) is 16.2 Å². The number of amides is 2. The van der Waals surface area contributed by atoms with Crippen LogP contribution in [0.25, 0.3) is 0 Å².